The zero-order valence-electron chi connectivity index (χ0n) is 13.5. The number of hydrogen-bond donors (Lipinski definition) is 1. The number of nitrogens with one attached hydrogen (secondary N) is 1. The third kappa shape index (κ3) is 6.76. The molecule has 0 heterocycles. The molecular weight excluding hydrogens is 286 g/mol. The minimum absolute atomic E-state index is 0.0791. The Kier molecular flexibility index (Phi) is 6.89. The van der Waals surface area contributed by atoms with Crippen LogP contribution in [0.4, 0.5) is 0 Å². The predicted molar refractivity (Wildman–Crippen MR) is 88.5 cm³/mol. The Morgan fingerprint density at radius 3 is 2.43 bits per heavy atom. The maximum absolute atomic E-state index is 11.7. The van der Waals surface area contributed by atoms with Crippen LogP contribution < -0.4 is 14.8 Å². The van der Waals surface area contributed by atoms with Crippen LogP contribution in [0.1, 0.15) is 26.3 Å². The summed E-state index contributed by atoms with van der Waals surface area (Å²) in [7, 11) is 3.23. The summed E-state index contributed by atoms with van der Waals surface area (Å²) in [4.78, 5) is 11.7. The predicted octanol–water partition coefficient (Wildman–Crippen LogP) is 2.89. The summed E-state index contributed by atoms with van der Waals surface area (Å²) in [5, 5.41) is 2.94. The minimum Gasteiger partial charge on any atom is -0.493 e. The minimum atomic E-state index is 0.0791. The molecule has 0 unspecified atom stereocenters. The highest BCUT2D eigenvalue weighted by Gasteiger charge is 2.13. The molecule has 0 spiro atoms. The van der Waals surface area contributed by atoms with Crippen molar-refractivity contribution in [3.8, 4) is 11.5 Å². The van der Waals surface area contributed by atoms with Crippen LogP contribution in [0.2, 0.25) is 0 Å². The average Bonchev–Trinajstić information content (AvgIpc) is 2.44. The topological polar surface area (TPSA) is 47.6 Å². The van der Waals surface area contributed by atoms with Gasteiger partial charge in [-0.05, 0) is 24.1 Å². The number of carbonyl (C=O) groups excluding carboxylic acids is 1. The van der Waals surface area contributed by atoms with Crippen molar-refractivity contribution in [2.24, 2.45) is 0 Å². The third-order valence-electron chi connectivity index (χ3n) is 2.82. The number of ether oxygens (including phenoxy) is 2. The number of hydrogen-bond acceptors (Lipinski definition) is 4. The van der Waals surface area contributed by atoms with Crippen LogP contribution in [0, 0.1) is 0 Å². The van der Waals surface area contributed by atoms with Gasteiger partial charge < -0.3 is 14.8 Å². The average molecular weight is 311 g/mol. The fraction of sp³-hybridized carbons (Fsp3) is 0.562. The van der Waals surface area contributed by atoms with Crippen molar-refractivity contribution < 1.29 is 14.3 Å². The Balaban J connectivity index is 2.40. The fourth-order valence-corrected chi connectivity index (χ4v) is 2.38. The van der Waals surface area contributed by atoms with Gasteiger partial charge in [-0.2, -0.15) is 0 Å². The maximum atomic E-state index is 11.7. The summed E-state index contributed by atoms with van der Waals surface area (Å²) in [6.45, 7) is 6.94. The summed E-state index contributed by atoms with van der Waals surface area (Å²) in [6.07, 6.45) is 0.770. The highest BCUT2D eigenvalue weighted by Crippen LogP contribution is 2.27. The van der Waals surface area contributed by atoms with Crippen LogP contribution in [0.15, 0.2) is 18.2 Å². The lowest BCUT2D eigenvalue weighted by Crippen LogP contribution is -2.28. The van der Waals surface area contributed by atoms with E-state index < -0.39 is 0 Å². The van der Waals surface area contributed by atoms with E-state index in [0.717, 1.165) is 12.0 Å². The van der Waals surface area contributed by atoms with Gasteiger partial charge in [0.25, 0.3) is 0 Å². The fourth-order valence-electron chi connectivity index (χ4n) is 1.72. The van der Waals surface area contributed by atoms with E-state index in [-0.39, 0.29) is 10.7 Å². The van der Waals surface area contributed by atoms with Crippen molar-refractivity contribution in [1.29, 1.82) is 0 Å². The molecule has 0 saturated heterocycles. The number of benzene rings is 1. The van der Waals surface area contributed by atoms with Gasteiger partial charge in [0, 0.05) is 11.3 Å². The molecule has 0 aliphatic heterocycles. The maximum Gasteiger partial charge on any atom is 0.230 e. The number of rotatable bonds is 7. The molecular formula is C16H25NO3S. The van der Waals surface area contributed by atoms with E-state index in [4.69, 9.17) is 9.47 Å². The molecule has 0 fully saturated rings. The summed E-state index contributed by atoms with van der Waals surface area (Å²) < 4.78 is 10.6. The first-order valence-electron chi connectivity index (χ1n) is 6.97. The van der Waals surface area contributed by atoms with Crippen molar-refractivity contribution in [2.45, 2.75) is 31.9 Å². The van der Waals surface area contributed by atoms with Crippen LogP contribution in [-0.2, 0) is 11.2 Å². The lowest BCUT2D eigenvalue weighted by molar-refractivity contribution is -0.118. The molecule has 0 aromatic heterocycles. The Bertz CT molecular complexity index is 469. The van der Waals surface area contributed by atoms with Crippen LogP contribution in [-0.4, -0.2) is 37.2 Å². The van der Waals surface area contributed by atoms with E-state index in [1.807, 2.05) is 18.2 Å². The zero-order chi connectivity index (χ0) is 15.9. The molecule has 0 bridgehead atoms. The molecule has 1 amide bonds. The standard InChI is InChI=1S/C16H25NO3S/c1-16(2,3)21-11-15(18)17-9-8-12-6-7-13(19-4)14(10-12)20-5/h6-7,10H,8-9,11H2,1-5H3,(H,17,18). The van der Waals surface area contributed by atoms with E-state index in [2.05, 4.69) is 26.1 Å². The van der Waals surface area contributed by atoms with Crippen LogP contribution in [0.25, 0.3) is 0 Å². The summed E-state index contributed by atoms with van der Waals surface area (Å²) in [6, 6.07) is 5.80. The molecule has 21 heavy (non-hydrogen) atoms. The van der Waals surface area contributed by atoms with Gasteiger partial charge in [-0.15, -0.1) is 11.8 Å². The molecule has 0 saturated carbocycles. The third-order valence-corrected chi connectivity index (χ3v) is 4.09. The van der Waals surface area contributed by atoms with Gasteiger partial charge in [0.1, 0.15) is 0 Å². The number of amides is 1. The van der Waals surface area contributed by atoms with E-state index in [1.54, 1.807) is 26.0 Å². The Morgan fingerprint density at radius 2 is 1.86 bits per heavy atom. The monoisotopic (exact) mass is 311 g/mol. The number of methoxy groups -OCH3 is 2. The van der Waals surface area contributed by atoms with E-state index in [9.17, 15) is 4.79 Å². The van der Waals surface area contributed by atoms with Gasteiger partial charge in [-0.1, -0.05) is 26.8 Å². The van der Waals surface area contributed by atoms with Crippen molar-refractivity contribution in [2.75, 3.05) is 26.5 Å². The van der Waals surface area contributed by atoms with Crippen LogP contribution in [0.5, 0.6) is 11.5 Å². The van der Waals surface area contributed by atoms with Crippen LogP contribution in [0.3, 0.4) is 0 Å². The SMILES string of the molecule is COc1ccc(CCNC(=O)CSC(C)(C)C)cc1OC. The summed E-state index contributed by atoms with van der Waals surface area (Å²) in [5.41, 5.74) is 1.11. The lowest BCUT2D eigenvalue weighted by atomic mass is 10.1. The lowest BCUT2D eigenvalue weighted by Gasteiger charge is -2.17. The molecule has 1 aromatic rings. The van der Waals surface area contributed by atoms with Crippen molar-refractivity contribution >= 4 is 17.7 Å². The van der Waals surface area contributed by atoms with Gasteiger partial charge in [-0.3, -0.25) is 4.79 Å². The van der Waals surface area contributed by atoms with Gasteiger partial charge >= 0.3 is 0 Å². The number of thioether (sulfide) groups is 1. The van der Waals surface area contributed by atoms with Crippen molar-refractivity contribution in [1.82, 2.24) is 5.32 Å². The van der Waals surface area contributed by atoms with E-state index >= 15 is 0 Å². The molecule has 4 nitrogen and oxygen atoms in total. The second-order valence-corrected chi connectivity index (χ2v) is 7.49. The first-order chi connectivity index (χ1) is 9.85. The molecule has 5 heteroatoms. The first kappa shape index (κ1) is 17.7. The molecule has 118 valence electrons. The highest BCUT2D eigenvalue weighted by molar-refractivity contribution is 8.01. The molecule has 1 rings (SSSR count). The highest BCUT2D eigenvalue weighted by atomic mass is 32.2. The Morgan fingerprint density at radius 1 is 1.19 bits per heavy atom. The molecule has 1 N–H and O–H groups in total. The smallest absolute Gasteiger partial charge is 0.230 e. The molecule has 0 aliphatic rings. The van der Waals surface area contributed by atoms with E-state index in [1.165, 1.54) is 0 Å². The Hall–Kier alpha value is -1.36. The van der Waals surface area contributed by atoms with E-state index in [0.29, 0.717) is 23.8 Å². The summed E-state index contributed by atoms with van der Waals surface area (Å²) >= 11 is 1.65. The molecule has 0 aliphatic carbocycles. The Labute approximate surface area is 131 Å². The molecule has 1 aromatic carbocycles. The first-order valence-corrected chi connectivity index (χ1v) is 7.96. The largest absolute Gasteiger partial charge is 0.493 e. The zero-order valence-corrected chi connectivity index (χ0v) is 14.3. The molecule has 0 atom stereocenters. The van der Waals surface area contributed by atoms with Gasteiger partial charge in [0.05, 0.1) is 20.0 Å². The van der Waals surface area contributed by atoms with Gasteiger partial charge in [0.2, 0.25) is 5.91 Å². The normalized spacial score (nSPS) is 11.1. The molecule has 0 radical (unpaired) electrons. The van der Waals surface area contributed by atoms with Crippen molar-refractivity contribution in [3.63, 3.8) is 0 Å². The summed E-state index contributed by atoms with van der Waals surface area (Å²) in [5.74, 6) is 2.00. The second kappa shape index (κ2) is 8.17. The van der Waals surface area contributed by atoms with Crippen molar-refractivity contribution in [3.05, 3.63) is 23.8 Å². The number of carbonyl (C=O) groups is 1. The van der Waals surface area contributed by atoms with Gasteiger partial charge in [0.15, 0.2) is 11.5 Å². The van der Waals surface area contributed by atoms with Crippen LogP contribution >= 0.6 is 11.8 Å². The van der Waals surface area contributed by atoms with Gasteiger partial charge in [-0.25, -0.2) is 0 Å². The quantitative estimate of drug-likeness (QED) is 0.841. The second-order valence-electron chi connectivity index (χ2n) is 5.69.